The van der Waals surface area contributed by atoms with Crippen LogP contribution in [0.15, 0.2) is 53.0 Å². The van der Waals surface area contributed by atoms with Gasteiger partial charge in [-0.1, -0.05) is 39.7 Å². The number of benzene rings is 2. The number of carbonyl (C=O) groups is 1. The van der Waals surface area contributed by atoms with E-state index in [1.807, 2.05) is 36.4 Å². The molecule has 0 heterocycles. The number of rotatable bonds is 5. The predicted octanol–water partition coefficient (Wildman–Crippen LogP) is 4.82. The van der Waals surface area contributed by atoms with Gasteiger partial charge in [-0.25, -0.2) is 4.79 Å². The molecule has 0 bridgehead atoms. The van der Waals surface area contributed by atoms with Crippen LogP contribution in [0.25, 0.3) is 0 Å². The molecule has 2 rings (SSSR count). The van der Waals surface area contributed by atoms with Crippen LogP contribution in [0.2, 0.25) is 5.02 Å². The topological polar surface area (TPSA) is 38.3 Å². The normalized spacial score (nSPS) is 11.8. The molecule has 110 valence electrons. The Morgan fingerprint density at radius 3 is 2.62 bits per heavy atom. The Balaban J connectivity index is 2.27. The summed E-state index contributed by atoms with van der Waals surface area (Å²) in [5.41, 5.74) is 1.60. The van der Waals surface area contributed by atoms with Crippen LogP contribution in [0.1, 0.15) is 18.5 Å². The van der Waals surface area contributed by atoms with Crippen molar-refractivity contribution in [3.8, 4) is 0 Å². The number of carbonyl (C=O) groups excluding carboxylic acids is 1. The van der Waals surface area contributed by atoms with Crippen molar-refractivity contribution in [2.75, 3.05) is 11.9 Å². The summed E-state index contributed by atoms with van der Waals surface area (Å²) >= 11 is 9.39. The lowest BCUT2D eigenvalue weighted by Gasteiger charge is -2.19. The van der Waals surface area contributed by atoms with Gasteiger partial charge in [0.15, 0.2) is 6.04 Å². The van der Waals surface area contributed by atoms with Crippen LogP contribution in [0.3, 0.4) is 0 Å². The Kier molecular flexibility index (Phi) is 5.65. The van der Waals surface area contributed by atoms with E-state index in [2.05, 4.69) is 21.2 Å². The molecule has 1 unspecified atom stereocenters. The highest BCUT2D eigenvalue weighted by Crippen LogP contribution is 2.24. The number of halogens is 2. The van der Waals surface area contributed by atoms with Gasteiger partial charge in [0.25, 0.3) is 0 Å². The zero-order chi connectivity index (χ0) is 15.2. The molecular weight excluding hydrogens is 354 g/mol. The second-order valence-electron chi connectivity index (χ2n) is 4.39. The van der Waals surface area contributed by atoms with Gasteiger partial charge in [-0.2, -0.15) is 0 Å². The third-order valence-electron chi connectivity index (χ3n) is 2.86. The number of anilines is 1. The van der Waals surface area contributed by atoms with Crippen LogP contribution in [0, 0.1) is 0 Å². The van der Waals surface area contributed by atoms with Gasteiger partial charge in [-0.05, 0) is 48.9 Å². The number of hydrogen-bond acceptors (Lipinski definition) is 3. The van der Waals surface area contributed by atoms with Crippen LogP contribution in [0.4, 0.5) is 5.69 Å². The zero-order valence-electron chi connectivity index (χ0n) is 11.5. The van der Waals surface area contributed by atoms with Crippen molar-refractivity contribution >= 4 is 39.2 Å². The number of esters is 1. The van der Waals surface area contributed by atoms with Crippen molar-refractivity contribution < 1.29 is 9.53 Å². The number of nitrogens with one attached hydrogen (secondary N) is 1. The molecular formula is C16H15BrClNO2. The van der Waals surface area contributed by atoms with Crippen LogP contribution in [-0.2, 0) is 9.53 Å². The second kappa shape index (κ2) is 7.48. The van der Waals surface area contributed by atoms with E-state index >= 15 is 0 Å². The lowest BCUT2D eigenvalue weighted by molar-refractivity contribution is -0.144. The fraction of sp³-hybridized carbons (Fsp3) is 0.188. The van der Waals surface area contributed by atoms with Crippen LogP contribution >= 0.6 is 27.5 Å². The van der Waals surface area contributed by atoms with E-state index in [-0.39, 0.29) is 5.97 Å². The molecule has 0 radical (unpaired) electrons. The van der Waals surface area contributed by atoms with Gasteiger partial charge in [0.1, 0.15) is 0 Å². The smallest absolute Gasteiger partial charge is 0.333 e. The Hall–Kier alpha value is -1.52. The van der Waals surface area contributed by atoms with Crippen molar-refractivity contribution in [3.05, 3.63) is 63.6 Å². The zero-order valence-corrected chi connectivity index (χ0v) is 13.8. The summed E-state index contributed by atoms with van der Waals surface area (Å²) in [5.74, 6) is -0.331. The maximum Gasteiger partial charge on any atom is 0.333 e. The van der Waals surface area contributed by atoms with Crippen molar-refractivity contribution in [1.29, 1.82) is 0 Å². The molecule has 2 aromatic carbocycles. The fourth-order valence-electron chi connectivity index (χ4n) is 1.90. The van der Waals surface area contributed by atoms with E-state index in [4.69, 9.17) is 16.3 Å². The minimum absolute atomic E-state index is 0.331. The molecule has 0 saturated carbocycles. The lowest BCUT2D eigenvalue weighted by atomic mass is 10.1. The molecule has 0 spiro atoms. The fourth-order valence-corrected chi connectivity index (χ4v) is 2.37. The van der Waals surface area contributed by atoms with Gasteiger partial charge in [-0.15, -0.1) is 0 Å². The minimum atomic E-state index is -0.593. The summed E-state index contributed by atoms with van der Waals surface area (Å²) in [7, 11) is 0. The highest BCUT2D eigenvalue weighted by Gasteiger charge is 2.22. The Labute approximate surface area is 137 Å². The average Bonchev–Trinajstić information content (AvgIpc) is 2.47. The van der Waals surface area contributed by atoms with Crippen molar-refractivity contribution in [3.63, 3.8) is 0 Å². The van der Waals surface area contributed by atoms with Crippen molar-refractivity contribution in [1.82, 2.24) is 0 Å². The molecule has 0 aliphatic carbocycles. The van der Waals surface area contributed by atoms with Crippen molar-refractivity contribution in [2.24, 2.45) is 0 Å². The lowest BCUT2D eigenvalue weighted by Crippen LogP contribution is -2.23. The highest BCUT2D eigenvalue weighted by atomic mass is 79.9. The van der Waals surface area contributed by atoms with E-state index in [0.717, 1.165) is 15.7 Å². The Morgan fingerprint density at radius 1 is 1.29 bits per heavy atom. The molecule has 5 heteroatoms. The molecule has 3 nitrogen and oxygen atoms in total. The van der Waals surface area contributed by atoms with E-state index in [1.165, 1.54) is 0 Å². The summed E-state index contributed by atoms with van der Waals surface area (Å²) in [6.07, 6.45) is 0. The molecule has 0 aliphatic heterocycles. The summed E-state index contributed by atoms with van der Waals surface area (Å²) < 4.78 is 6.12. The average molecular weight is 369 g/mol. The molecule has 21 heavy (non-hydrogen) atoms. The predicted molar refractivity (Wildman–Crippen MR) is 88.6 cm³/mol. The molecule has 0 aliphatic rings. The summed E-state index contributed by atoms with van der Waals surface area (Å²) in [6, 6.07) is 14.2. The van der Waals surface area contributed by atoms with E-state index < -0.39 is 6.04 Å². The van der Waals surface area contributed by atoms with E-state index in [1.54, 1.807) is 19.1 Å². The third-order valence-corrected chi connectivity index (χ3v) is 3.62. The first kappa shape index (κ1) is 15.9. The molecule has 0 saturated heterocycles. The molecule has 1 atom stereocenters. The SMILES string of the molecule is CCOC(=O)C(Nc1ccc(Br)cc1)c1cccc(Cl)c1. The van der Waals surface area contributed by atoms with Gasteiger partial charge in [0.05, 0.1) is 6.61 Å². The molecule has 0 fully saturated rings. The monoisotopic (exact) mass is 367 g/mol. The first-order valence-electron chi connectivity index (χ1n) is 6.54. The van der Waals surface area contributed by atoms with Gasteiger partial charge in [0, 0.05) is 15.2 Å². The highest BCUT2D eigenvalue weighted by molar-refractivity contribution is 9.10. The minimum Gasteiger partial charge on any atom is -0.464 e. The molecule has 2 aromatic rings. The Bertz CT molecular complexity index is 616. The summed E-state index contributed by atoms with van der Waals surface area (Å²) in [6.45, 7) is 2.12. The number of hydrogen-bond donors (Lipinski definition) is 1. The summed E-state index contributed by atoms with van der Waals surface area (Å²) in [4.78, 5) is 12.2. The Morgan fingerprint density at radius 2 is 2.00 bits per heavy atom. The largest absolute Gasteiger partial charge is 0.464 e. The van der Waals surface area contributed by atoms with Crippen LogP contribution < -0.4 is 5.32 Å². The maximum absolute atomic E-state index is 12.2. The maximum atomic E-state index is 12.2. The van der Waals surface area contributed by atoms with Crippen LogP contribution in [0.5, 0.6) is 0 Å². The standard InChI is InChI=1S/C16H15BrClNO2/c1-2-21-16(20)15(11-4-3-5-13(18)10-11)19-14-8-6-12(17)7-9-14/h3-10,15,19H,2H2,1H3. The second-order valence-corrected chi connectivity index (χ2v) is 5.74. The van der Waals surface area contributed by atoms with E-state index in [0.29, 0.717) is 11.6 Å². The third kappa shape index (κ3) is 4.48. The van der Waals surface area contributed by atoms with Gasteiger partial charge in [0.2, 0.25) is 0 Å². The number of ether oxygens (including phenoxy) is 1. The van der Waals surface area contributed by atoms with Crippen LogP contribution in [-0.4, -0.2) is 12.6 Å². The quantitative estimate of drug-likeness (QED) is 0.769. The van der Waals surface area contributed by atoms with Gasteiger partial charge < -0.3 is 10.1 Å². The van der Waals surface area contributed by atoms with Gasteiger partial charge >= 0.3 is 5.97 Å². The molecule has 0 aromatic heterocycles. The molecule has 0 amide bonds. The van der Waals surface area contributed by atoms with Gasteiger partial charge in [-0.3, -0.25) is 0 Å². The van der Waals surface area contributed by atoms with Crippen molar-refractivity contribution in [2.45, 2.75) is 13.0 Å². The summed E-state index contributed by atoms with van der Waals surface area (Å²) in [5, 5.41) is 3.76. The first-order chi connectivity index (χ1) is 10.1. The first-order valence-corrected chi connectivity index (χ1v) is 7.71. The van der Waals surface area contributed by atoms with E-state index in [9.17, 15) is 4.79 Å². The molecule has 1 N–H and O–H groups in total.